The Hall–Kier alpha value is -3.86. The second kappa shape index (κ2) is 8.44. The maximum atomic E-state index is 13.7. The second-order valence-corrected chi connectivity index (χ2v) is 6.11. The van der Waals surface area contributed by atoms with Gasteiger partial charge in [-0.2, -0.15) is 0 Å². The predicted octanol–water partition coefficient (Wildman–Crippen LogP) is 7.34. The average Bonchev–Trinajstić information content (AvgIpc) is 2.74. The predicted molar refractivity (Wildman–Crippen MR) is 106 cm³/mol. The Labute approximate surface area is 166 Å². The first-order chi connectivity index (χ1) is 14.2. The zero-order valence-electron chi connectivity index (χ0n) is 15.2. The summed E-state index contributed by atoms with van der Waals surface area (Å²) in [6.07, 6.45) is 0. The minimum atomic E-state index is -0.425. The molecule has 4 rings (SSSR count). The molecule has 0 aliphatic heterocycles. The first-order valence-electron chi connectivity index (χ1n) is 8.90. The topological polar surface area (TPSA) is 27.7 Å². The van der Waals surface area contributed by atoms with Crippen molar-refractivity contribution in [2.24, 2.45) is 0 Å². The molecule has 29 heavy (non-hydrogen) atoms. The van der Waals surface area contributed by atoms with E-state index in [4.69, 9.17) is 14.2 Å². The first kappa shape index (κ1) is 18.5. The minimum absolute atomic E-state index is 0.159. The second-order valence-electron chi connectivity index (χ2n) is 6.11. The van der Waals surface area contributed by atoms with Crippen molar-refractivity contribution in [2.75, 3.05) is 0 Å². The van der Waals surface area contributed by atoms with Crippen LogP contribution in [0, 0.1) is 11.6 Å². The maximum absolute atomic E-state index is 13.7. The van der Waals surface area contributed by atoms with Crippen LogP contribution in [0.4, 0.5) is 8.78 Å². The largest absolute Gasteiger partial charge is 0.457 e. The van der Waals surface area contributed by atoms with E-state index < -0.39 is 11.6 Å². The molecule has 0 aliphatic rings. The van der Waals surface area contributed by atoms with Crippen molar-refractivity contribution in [3.8, 4) is 34.5 Å². The SMILES string of the molecule is Fc1ccccc1Oc1ccc(Oc2ccc(Oc3ccccc3F)cc2)cc1. The highest BCUT2D eigenvalue weighted by Crippen LogP contribution is 2.30. The van der Waals surface area contributed by atoms with E-state index in [0.29, 0.717) is 23.0 Å². The molecule has 0 bridgehead atoms. The third kappa shape index (κ3) is 4.71. The van der Waals surface area contributed by atoms with E-state index in [9.17, 15) is 8.78 Å². The van der Waals surface area contributed by atoms with Gasteiger partial charge in [-0.1, -0.05) is 24.3 Å². The Morgan fingerprint density at radius 2 is 0.690 bits per heavy atom. The summed E-state index contributed by atoms with van der Waals surface area (Å²) in [6, 6.07) is 26.1. The van der Waals surface area contributed by atoms with Crippen LogP contribution in [0.2, 0.25) is 0 Å². The summed E-state index contributed by atoms with van der Waals surface area (Å²) in [5.41, 5.74) is 0. The van der Waals surface area contributed by atoms with Crippen molar-refractivity contribution in [3.63, 3.8) is 0 Å². The molecule has 0 saturated heterocycles. The summed E-state index contributed by atoms with van der Waals surface area (Å²) in [5.74, 6) is 1.64. The lowest BCUT2D eigenvalue weighted by Gasteiger charge is -2.10. The standard InChI is InChI=1S/C24H16F2O3/c25-21-5-1-3-7-23(21)28-19-13-9-17(10-14-19)27-18-11-15-20(16-12-18)29-24-8-4-2-6-22(24)26/h1-16H. The fourth-order valence-electron chi connectivity index (χ4n) is 2.60. The molecule has 0 spiro atoms. The van der Waals surface area contributed by atoms with Gasteiger partial charge in [0.05, 0.1) is 0 Å². The molecular formula is C24H16F2O3. The van der Waals surface area contributed by atoms with Crippen molar-refractivity contribution >= 4 is 0 Å². The highest BCUT2D eigenvalue weighted by atomic mass is 19.1. The van der Waals surface area contributed by atoms with Crippen molar-refractivity contribution < 1.29 is 23.0 Å². The summed E-state index contributed by atoms with van der Waals surface area (Å²) >= 11 is 0. The Morgan fingerprint density at radius 1 is 0.379 bits per heavy atom. The minimum Gasteiger partial charge on any atom is -0.457 e. The Bertz CT molecular complexity index is 1000. The molecule has 144 valence electrons. The Balaban J connectivity index is 1.39. The van der Waals surface area contributed by atoms with Crippen molar-refractivity contribution in [2.45, 2.75) is 0 Å². The van der Waals surface area contributed by atoms with Crippen molar-refractivity contribution in [1.82, 2.24) is 0 Å². The molecule has 0 N–H and O–H groups in total. The molecule has 4 aromatic rings. The van der Waals surface area contributed by atoms with E-state index >= 15 is 0 Å². The monoisotopic (exact) mass is 390 g/mol. The number of para-hydroxylation sites is 2. The summed E-state index contributed by atoms with van der Waals surface area (Å²) in [6.45, 7) is 0. The van der Waals surface area contributed by atoms with Crippen LogP contribution in [-0.4, -0.2) is 0 Å². The number of rotatable bonds is 6. The Kier molecular flexibility index (Phi) is 5.38. The van der Waals surface area contributed by atoms with Gasteiger partial charge in [0.25, 0.3) is 0 Å². The molecule has 0 aliphatic carbocycles. The summed E-state index contributed by atoms with van der Waals surface area (Å²) in [5, 5.41) is 0. The van der Waals surface area contributed by atoms with Gasteiger partial charge < -0.3 is 14.2 Å². The zero-order chi connectivity index (χ0) is 20.1. The van der Waals surface area contributed by atoms with E-state index in [1.54, 1.807) is 84.9 Å². The quantitative estimate of drug-likeness (QED) is 0.345. The molecular weight excluding hydrogens is 374 g/mol. The number of halogens is 2. The molecule has 5 heteroatoms. The van der Waals surface area contributed by atoms with Gasteiger partial charge in [-0.15, -0.1) is 0 Å². The molecule has 0 fully saturated rings. The number of benzene rings is 4. The number of ether oxygens (including phenoxy) is 3. The van der Waals surface area contributed by atoms with Gasteiger partial charge in [-0.25, -0.2) is 8.78 Å². The fraction of sp³-hybridized carbons (Fsp3) is 0. The van der Waals surface area contributed by atoms with E-state index in [2.05, 4.69) is 0 Å². The molecule has 0 radical (unpaired) electrons. The zero-order valence-corrected chi connectivity index (χ0v) is 15.2. The maximum Gasteiger partial charge on any atom is 0.165 e. The van der Waals surface area contributed by atoms with Crippen LogP contribution in [0.3, 0.4) is 0 Å². The lowest BCUT2D eigenvalue weighted by molar-refractivity contribution is 0.437. The lowest BCUT2D eigenvalue weighted by atomic mass is 10.3. The average molecular weight is 390 g/mol. The van der Waals surface area contributed by atoms with Gasteiger partial charge in [0, 0.05) is 0 Å². The molecule has 0 unspecified atom stereocenters. The fourth-order valence-corrected chi connectivity index (χ4v) is 2.60. The number of hydrogen-bond donors (Lipinski definition) is 0. The third-order valence-corrected chi connectivity index (χ3v) is 4.01. The smallest absolute Gasteiger partial charge is 0.165 e. The Morgan fingerprint density at radius 3 is 1.03 bits per heavy atom. The van der Waals surface area contributed by atoms with Gasteiger partial charge in [0.15, 0.2) is 23.1 Å². The first-order valence-corrected chi connectivity index (χ1v) is 8.90. The number of hydrogen-bond acceptors (Lipinski definition) is 3. The van der Waals surface area contributed by atoms with Crippen LogP contribution in [0.25, 0.3) is 0 Å². The summed E-state index contributed by atoms with van der Waals surface area (Å²) in [4.78, 5) is 0. The van der Waals surface area contributed by atoms with Crippen LogP contribution in [0.15, 0.2) is 97.1 Å². The van der Waals surface area contributed by atoms with Crippen LogP contribution in [0.1, 0.15) is 0 Å². The van der Waals surface area contributed by atoms with Gasteiger partial charge in [-0.3, -0.25) is 0 Å². The molecule has 0 amide bonds. The molecule has 0 heterocycles. The molecule has 0 atom stereocenters. The molecule has 4 aromatic carbocycles. The third-order valence-electron chi connectivity index (χ3n) is 4.01. The highest BCUT2D eigenvalue weighted by Gasteiger charge is 2.06. The van der Waals surface area contributed by atoms with Crippen molar-refractivity contribution in [1.29, 1.82) is 0 Å². The van der Waals surface area contributed by atoms with E-state index in [0.717, 1.165) is 0 Å². The lowest BCUT2D eigenvalue weighted by Crippen LogP contribution is -1.89. The summed E-state index contributed by atoms with van der Waals surface area (Å²) < 4.78 is 44.1. The van der Waals surface area contributed by atoms with Gasteiger partial charge in [-0.05, 0) is 72.8 Å². The highest BCUT2D eigenvalue weighted by molar-refractivity contribution is 5.40. The van der Waals surface area contributed by atoms with E-state index in [1.807, 2.05) is 0 Å². The van der Waals surface area contributed by atoms with Crippen LogP contribution in [0.5, 0.6) is 34.5 Å². The van der Waals surface area contributed by atoms with Crippen LogP contribution in [-0.2, 0) is 0 Å². The van der Waals surface area contributed by atoms with Gasteiger partial charge >= 0.3 is 0 Å². The van der Waals surface area contributed by atoms with E-state index in [1.165, 1.54) is 12.1 Å². The molecule has 3 nitrogen and oxygen atoms in total. The van der Waals surface area contributed by atoms with Gasteiger partial charge in [0.1, 0.15) is 23.0 Å². The van der Waals surface area contributed by atoms with Crippen LogP contribution < -0.4 is 14.2 Å². The van der Waals surface area contributed by atoms with E-state index in [-0.39, 0.29) is 11.5 Å². The normalized spacial score (nSPS) is 10.4. The van der Waals surface area contributed by atoms with Gasteiger partial charge in [0.2, 0.25) is 0 Å². The molecule has 0 saturated carbocycles. The molecule has 0 aromatic heterocycles. The van der Waals surface area contributed by atoms with Crippen LogP contribution >= 0.6 is 0 Å². The van der Waals surface area contributed by atoms with Crippen molar-refractivity contribution in [3.05, 3.63) is 109 Å². The summed E-state index contributed by atoms with van der Waals surface area (Å²) in [7, 11) is 0.